The van der Waals surface area contributed by atoms with Crippen molar-refractivity contribution in [1.82, 2.24) is 0 Å². The number of hydrogen-bond acceptors (Lipinski definition) is 4. The van der Waals surface area contributed by atoms with Crippen molar-refractivity contribution in [2.24, 2.45) is 0 Å². The van der Waals surface area contributed by atoms with E-state index in [1.807, 2.05) is 0 Å². The van der Waals surface area contributed by atoms with Crippen LogP contribution in [0.3, 0.4) is 0 Å². The predicted molar refractivity (Wildman–Crippen MR) is 67.4 cm³/mol. The van der Waals surface area contributed by atoms with Crippen molar-refractivity contribution in [1.29, 1.82) is 0 Å². The number of halogens is 3. The van der Waals surface area contributed by atoms with Crippen LogP contribution in [0.2, 0.25) is 0 Å². The summed E-state index contributed by atoms with van der Waals surface area (Å²) < 4.78 is 44.7. The van der Waals surface area contributed by atoms with Crippen LogP contribution in [-0.4, -0.2) is 25.5 Å². The lowest BCUT2D eigenvalue weighted by atomic mass is 10.2. The molecule has 20 heavy (non-hydrogen) atoms. The molecule has 0 atom stereocenters. The van der Waals surface area contributed by atoms with Gasteiger partial charge >= 0.3 is 12.3 Å². The second-order valence-electron chi connectivity index (χ2n) is 3.75. The Balaban J connectivity index is 2.59. The molecule has 1 N–H and O–H groups in total. The minimum Gasteiger partial charge on any atom is -0.463 e. The first-order chi connectivity index (χ1) is 9.31. The van der Waals surface area contributed by atoms with E-state index in [0.29, 0.717) is 5.69 Å². The molecule has 7 heteroatoms. The van der Waals surface area contributed by atoms with Gasteiger partial charge in [-0.3, -0.25) is 0 Å². The van der Waals surface area contributed by atoms with E-state index < -0.39 is 12.3 Å². The summed E-state index contributed by atoms with van der Waals surface area (Å²) in [6.07, 6.45) is -4.74. The fourth-order valence-corrected chi connectivity index (χ4v) is 1.32. The van der Waals surface area contributed by atoms with Gasteiger partial charge in [-0.15, -0.1) is 13.2 Å². The highest BCUT2D eigenvalue weighted by Crippen LogP contribution is 2.25. The zero-order valence-electron chi connectivity index (χ0n) is 10.8. The van der Waals surface area contributed by atoms with Gasteiger partial charge < -0.3 is 14.8 Å². The first kappa shape index (κ1) is 15.9. The smallest absolute Gasteiger partial charge is 0.463 e. The van der Waals surface area contributed by atoms with E-state index in [4.69, 9.17) is 4.74 Å². The Morgan fingerprint density at radius 1 is 1.40 bits per heavy atom. The number of alkyl halides is 3. The molecule has 1 aromatic rings. The number of esters is 1. The summed E-state index contributed by atoms with van der Waals surface area (Å²) in [7, 11) is 0. The number of ether oxygens (including phenoxy) is 2. The molecule has 4 nitrogen and oxygen atoms in total. The molecule has 0 aliphatic heterocycles. The molecule has 1 rings (SSSR count). The minimum atomic E-state index is -4.74. The van der Waals surface area contributed by atoms with Gasteiger partial charge in [0, 0.05) is 23.9 Å². The number of hydrogen-bond donors (Lipinski definition) is 1. The molecule has 0 heterocycles. The molecule has 0 spiro atoms. The average Bonchev–Trinajstić information content (AvgIpc) is 2.34. The van der Waals surface area contributed by atoms with Crippen molar-refractivity contribution in [2.75, 3.05) is 18.5 Å². The fraction of sp³-hybridized carbons (Fsp3) is 0.308. The Hall–Kier alpha value is -2.18. The van der Waals surface area contributed by atoms with Gasteiger partial charge in [0.2, 0.25) is 0 Å². The fourth-order valence-electron chi connectivity index (χ4n) is 1.32. The molecule has 0 saturated heterocycles. The van der Waals surface area contributed by atoms with Gasteiger partial charge in [0.05, 0.1) is 6.61 Å². The van der Waals surface area contributed by atoms with Crippen molar-refractivity contribution in [3.8, 4) is 5.75 Å². The van der Waals surface area contributed by atoms with Gasteiger partial charge in [-0.05, 0) is 19.1 Å². The maximum Gasteiger partial charge on any atom is 0.573 e. The molecule has 0 amide bonds. The highest BCUT2D eigenvalue weighted by atomic mass is 19.4. The maximum absolute atomic E-state index is 12.1. The lowest BCUT2D eigenvalue weighted by Gasteiger charge is -2.11. The van der Waals surface area contributed by atoms with Crippen LogP contribution in [-0.2, 0) is 9.53 Å². The normalized spacial score (nSPS) is 10.8. The first-order valence-corrected chi connectivity index (χ1v) is 5.76. The molecule has 0 aliphatic carbocycles. The van der Waals surface area contributed by atoms with Crippen molar-refractivity contribution in [3.63, 3.8) is 0 Å². The van der Waals surface area contributed by atoms with E-state index in [1.54, 1.807) is 13.0 Å². The maximum atomic E-state index is 12.1. The van der Waals surface area contributed by atoms with Gasteiger partial charge in [0.1, 0.15) is 5.75 Å². The number of rotatable bonds is 6. The van der Waals surface area contributed by atoms with Gasteiger partial charge in [-0.25, -0.2) is 4.79 Å². The Labute approximate surface area is 114 Å². The van der Waals surface area contributed by atoms with Crippen molar-refractivity contribution in [3.05, 3.63) is 36.4 Å². The lowest BCUT2D eigenvalue weighted by Crippen LogP contribution is -2.17. The number of carbonyl (C=O) groups is 1. The van der Waals surface area contributed by atoms with E-state index in [9.17, 15) is 18.0 Å². The van der Waals surface area contributed by atoms with Gasteiger partial charge in [-0.2, -0.15) is 0 Å². The van der Waals surface area contributed by atoms with Crippen LogP contribution >= 0.6 is 0 Å². The second kappa shape index (κ2) is 6.83. The molecule has 0 aliphatic rings. The highest BCUT2D eigenvalue weighted by Gasteiger charge is 2.31. The molecule has 0 saturated carbocycles. The molecular weight excluding hydrogens is 275 g/mol. The standard InChI is InChI=1S/C13H14F3NO3/c1-3-19-12(18)9(2)8-17-10-5-4-6-11(7-10)20-13(14,15)16/h4-7,17H,2-3,8H2,1H3. The van der Waals surface area contributed by atoms with Crippen LogP contribution in [0, 0.1) is 0 Å². The summed E-state index contributed by atoms with van der Waals surface area (Å²) in [5, 5.41) is 2.76. The zero-order valence-corrected chi connectivity index (χ0v) is 10.8. The topological polar surface area (TPSA) is 47.6 Å². The summed E-state index contributed by atoms with van der Waals surface area (Å²) in [4.78, 5) is 11.3. The van der Waals surface area contributed by atoms with E-state index in [2.05, 4.69) is 16.6 Å². The van der Waals surface area contributed by atoms with Gasteiger partial charge in [-0.1, -0.05) is 12.6 Å². The van der Waals surface area contributed by atoms with Crippen LogP contribution < -0.4 is 10.1 Å². The summed E-state index contributed by atoms with van der Waals surface area (Å²) >= 11 is 0. The first-order valence-electron chi connectivity index (χ1n) is 5.76. The zero-order chi connectivity index (χ0) is 15.2. The number of carbonyl (C=O) groups excluding carboxylic acids is 1. The van der Waals surface area contributed by atoms with Crippen molar-refractivity contribution in [2.45, 2.75) is 13.3 Å². The third-order valence-corrected chi connectivity index (χ3v) is 2.14. The molecular formula is C13H14F3NO3. The SMILES string of the molecule is C=C(CNc1cccc(OC(F)(F)F)c1)C(=O)OCC. The Kier molecular flexibility index (Phi) is 5.42. The minimum absolute atomic E-state index is 0.0638. The van der Waals surface area contributed by atoms with E-state index in [-0.39, 0.29) is 24.5 Å². The second-order valence-corrected chi connectivity index (χ2v) is 3.75. The van der Waals surface area contributed by atoms with Crippen LogP contribution in [0.25, 0.3) is 0 Å². The van der Waals surface area contributed by atoms with Crippen molar-refractivity contribution >= 4 is 11.7 Å². The summed E-state index contributed by atoms with van der Waals surface area (Å²) in [6.45, 7) is 5.48. The third kappa shape index (κ3) is 5.64. The van der Waals surface area contributed by atoms with Crippen LogP contribution in [0.4, 0.5) is 18.9 Å². The molecule has 0 aromatic heterocycles. The van der Waals surface area contributed by atoms with Crippen molar-refractivity contribution < 1.29 is 27.4 Å². The molecule has 0 fully saturated rings. The quantitative estimate of drug-likeness (QED) is 0.645. The molecule has 110 valence electrons. The van der Waals surface area contributed by atoms with E-state index in [0.717, 1.165) is 0 Å². The molecule has 0 bridgehead atoms. The average molecular weight is 289 g/mol. The number of nitrogens with one attached hydrogen (secondary N) is 1. The van der Waals surface area contributed by atoms with Gasteiger partial charge in [0.15, 0.2) is 0 Å². The molecule has 1 aromatic carbocycles. The lowest BCUT2D eigenvalue weighted by molar-refractivity contribution is -0.274. The van der Waals surface area contributed by atoms with E-state index in [1.165, 1.54) is 18.2 Å². The molecule has 0 radical (unpaired) electrons. The van der Waals surface area contributed by atoms with Gasteiger partial charge in [0.25, 0.3) is 0 Å². The highest BCUT2D eigenvalue weighted by molar-refractivity contribution is 5.88. The van der Waals surface area contributed by atoms with Crippen LogP contribution in [0.5, 0.6) is 5.75 Å². The summed E-state index contributed by atoms with van der Waals surface area (Å²) in [5.41, 5.74) is 0.547. The Morgan fingerprint density at radius 2 is 2.10 bits per heavy atom. The van der Waals surface area contributed by atoms with Crippen LogP contribution in [0.15, 0.2) is 36.4 Å². The Bertz CT molecular complexity index is 486. The Morgan fingerprint density at radius 3 is 2.70 bits per heavy atom. The number of benzene rings is 1. The monoisotopic (exact) mass is 289 g/mol. The summed E-state index contributed by atoms with van der Waals surface area (Å²) in [5.74, 6) is -0.896. The summed E-state index contributed by atoms with van der Waals surface area (Å²) in [6, 6.07) is 5.29. The van der Waals surface area contributed by atoms with E-state index >= 15 is 0 Å². The predicted octanol–water partition coefficient (Wildman–Crippen LogP) is 3.12. The number of anilines is 1. The molecule has 0 unspecified atom stereocenters. The van der Waals surface area contributed by atoms with Crippen LogP contribution in [0.1, 0.15) is 6.92 Å². The third-order valence-electron chi connectivity index (χ3n) is 2.14. The largest absolute Gasteiger partial charge is 0.573 e.